The van der Waals surface area contributed by atoms with Crippen molar-refractivity contribution in [2.45, 2.75) is 52.6 Å². The zero-order valence-electron chi connectivity index (χ0n) is 13.9. The summed E-state index contributed by atoms with van der Waals surface area (Å²) >= 11 is 0. The number of aryl methyl sites for hydroxylation is 1. The minimum Gasteiger partial charge on any atom is -0.505 e. The van der Waals surface area contributed by atoms with Crippen molar-refractivity contribution < 1.29 is 14.6 Å². The van der Waals surface area contributed by atoms with Crippen LogP contribution < -0.4 is 10.2 Å². The first-order chi connectivity index (χ1) is 10.3. The number of anilines is 2. The van der Waals surface area contributed by atoms with Gasteiger partial charge < -0.3 is 14.7 Å². The maximum atomic E-state index is 11.9. The number of carbonyl (C=O) groups is 1. The summed E-state index contributed by atoms with van der Waals surface area (Å²) in [5, 5.41) is 12.8. The maximum Gasteiger partial charge on any atom is 0.412 e. The average molecular weight is 306 g/mol. The molecule has 1 heterocycles. The fourth-order valence-electron chi connectivity index (χ4n) is 2.60. The fourth-order valence-corrected chi connectivity index (χ4v) is 2.60. The largest absolute Gasteiger partial charge is 0.505 e. The molecule has 1 amide bonds. The molecule has 0 bridgehead atoms. The number of benzene rings is 1. The van der Waals surface area contributed by atoms with E-state index in [2.05, 4.69) is 10.2 Å². The molecular weight excluding hydrogens is 280 g/mol. The molecule has 0 aliphatic carbocycles. The van der Waals surface area contributed by atoms with Gasteiger partial charge in [0.25, 0.3) is 0 Å². The smallest absolute Gasteiger partial charge is 0.412 e. The fraction of sp³-hybridized carbons (Fsp3) is 0.588. The molecule has 2 rings (SSSR count). The maximum absolute atomic E-state index is 11.9. The van der Waals surface area contributed by atoms with E-state index in [9.17, 15) is 9.90 Å². The van der Waals surface area contributed by atoms with Crippen LogP contribution in [0.2, 0.25) is 0 Å². The first kappa shape index (κ1) is 16.5. The highest BCUT2D eigenvalue weighted by molar-refractivity contribution is 5.88. The van der Waals surface area contributed by atoms with Crippen LogP contribution in [0, 0.1) is 6.92 Å². The molecule has 0 radical (unpaired) electrons. The summed E-state index contributed by atoms with van der Waals surface area (Å²) in [4.78, 5) is 14.2. The Labute approximate surface area is 132 Å². The van der Waals surface area contributed by atoms with E-state index in [0.29, 0.717) is 5.69 Å². The molecule has 5 heteroatoms. The van der Waals surface area contributed by atoms with Crippen LogP contribution >= 0.6 is 0 Å². The Bertz CT molecular complexity index is 544. The van der Waals surface area contributed by atoms with Gasteiger partial charge >= 0.3 is 6.09 Å². The predicted molar refractivity (Wildman–Crippen MR) is 88.8 cm³/mol. The molecule has 5 nitrogen and oxygen atoms in total. The topological polar surface area (TPSA) is 61.8 Å². The van der Waals surface area contributed by atoms with E-state index >= 15 is 0 Å². The average Bonchev–Trinajstić information content (AvgIpc) is 2.42. The van der Waals surface area contributed by atoms with Gasteiger partial charge in [0.2, 0.25) is 0 Å². The molecule has 0 saturated carbocycles. The van der Waals surface area contributed by atoms with Crippen LogP contribution in [0.1, 0.15) is 45.6 Å². The van der Waals surface area contributed by atoms with E-state index in [1.807, 2.05) is 39.8 Å². The standard InChI is InChI=1S/C17H26N2O3/c1-12-10-13(19-8-6-5-7-9-19)11-14(15(12)20)18-16(21)22-17(2,3)4/h10-11,20H,5-9H2,1-4H3,(H,18,21). The summed E-state index contributed by atoms with van der Waals surface area (Å²) < 4.78 is 5.25. The lowest BCUT2D eigenvalue weighted by Gasteiger charge is -2.29. The third-order valence-corrected chi connectivity index (χ3v) is 3.64. The molecule has 1 aliphatic heterocycles. The van der Waals surface area contributed by atoms with Crippen molar-refractivity contribution in [1.82, 2.24) is 0 Å². The van der Waals surface area contributed by atoms with E-state index in [-0.39, 0.29) is 5.75 Å². The number of ether oxygens (including phenoxy) is 1. The van der Waals surface area contributed by atoms with Gasteiger partial charge in [-0.25, -0.2) is 4.79 Å². The third kappa shape index (κ3) is 4.29. The second kappa shape index (κ2) is 6.46. The van der Waals surface area contributed by atoms with E-state index < -0.39 is 11.7 Å². The molecule has 0 unspecified atom stereocenters. The van der Waals surface area contributed by atoms with Crippen LogP contribution in [0.15, 0.2) is 12.1 Å². The number of piperidine rings is 1. The second-order valence-corrected chi connectivity index (χ2v) is 6.83. The van der Waals surface area contributed by atoms with Gasteiger partial charge in [-0.15, -0.1) is 0 Å². The molecule has 1 aromatic rings. The van der Waals surface area contributed by atoms with Crippen LogP contribution in [0.3, 0.4) is 0 Å². The minimum atomic E-state index is -0.570. The van der Waals surface area contributed by atoms with Crippen molar-refractivity contribution >= 4 is 17.5 Å². The summed E-state index contributed by atoms with van der Waals surface area (Å²) in [7, 11) is 0. The Balaban J connectivity index is 2.19. The number of phenolic OH excluding ortho intramolecular Hbond substituents is 1. The highest BCUT2D eigenvalue weighted by Gasteiger charge is 2.19. The van der Waals surface area contributed by atoms with Gasteiger partial charge in [-0.2, -0.15) is 0 Å². The molecular formula is C17H26N2O3. The number of hydrogen-bond donors (Lipinski definition) is 2. The summed E-state index contributed by atoms with van der Waals surface area (Å²) in [6, 6.07) is 3.78. The second-order valence-electron chi connectivity index (χ2n) is 6.83. The predicted octanol–water partition coefficient (Wildman–Crippen LogP) is 4.04. The van der Waals surface area contributed by atoms with Gasteiger partial charge in [-0.05, 0) is 64.7 Å². The van der Waals surface area contributed by atoms with Crippen molar-refractivity contribution in [3.05, 3.63) is 17.7 Å². The summed E-state index contributed by atoms with van der Waals surface area (Å²) in [5.41, 5.74) is 1.60. The van der Waals surface area contributed by atoms with Crippen LogP contribution in [-0.4, -0.2) is 29.9 Å². The lowest BCUT2D eigenvalue weighted by molar-refractivity contribution is 0.0635. The SMILES string of the molecule is Cc1cc(N2CCCCC2)cc(NC(=O)OC(C)(C)C)c1O. The van der Waals surface area contributed by atoms with Gasteiger partial charge in [0.05, 0.1) is 5.69 Å². The zero-order valence-corrected chi connectivity index (χ0v) is 13.9. The number of aromatic hydroxyl groups is 1. The Kier molecular flexibility index (Phi) is 4.84. The van der Waals surface area contributed by atoms with Gasteiger partial charge in [0.15, 0.2) is 0 Å². The minimum absolute atomic E-state index is 0.0895. The number of nitrogens with zero attached hydrogens (tertiary/aromatic N) is 1. The van der Waals surface area contributed by atoms with Crippen molar-refractivity contribution in [2.75, 3.05) is 23.3 Å². The first-order valence-corrected chi connectivity index (χ1v) is 7.85. The summed E-state index contributed by atoms with van der Waals surface area (Å²) in [5.74, 6) is 0.0895. The van der Waals surface area contributed by atoms with Crippen LogP contribution in [0.4, 0.5) is 16.2 Å². The summed E-state index contributed by atoms with van der Waals surface area (Å²) in [6.45, 7) is 9.28. The highest BCUT2D eigenvalue weighted by atomic mass is 16.6. The molecule has 0 atom stereocenters. The third-order valence-electron chi connectivity index (χ3n) is 3.64. The van der Waals surface area contributed by atoms with Crippen LogP contribution in [-0.2, 0) is 4.74 Å². The lowest BCUT2D eigenvalue weighted by atomic mass is 10.1. The summed E-state index contributed by atoms with van der Waals surface area (Å²) in [6.07, 6.45) is 3.05. The first-order valence-electron chi connectivity index (χ1n) is 7.85. The van der Waals surface area contributed by atoms with Gasteiger partial charge in [-0.3, -0.25) is 5.32 Å². The molecule has 1 aromatic carbocycles. The Hall–Kier alpha value is -1.91. The zero-order chi connectivity index (χ0) is 16.3. The Morgan fingerprint density at radius 3 is 2.45 bits per heavy atom. The number of rotatable bonds is 2. The molecule has 1 aliphatic rings. The molecule has 122 valence electrons. The van der Waals surface area contributed by atoms with E-state index in [0.717, 1.165) is 24.3 Å². The molecule has 2 N–H and O–H groups in total. The van der Waals surface area contributed by atoms with E-state index in [4.69, 9.17) is 4.74 Å². The molecule has 1 saturated heterocycles. The van der Waals surface area contributed by atoms with Crippen LogP contribution in [0.5, 0.6) is 5.75 Å². The van der Waals surface area contributed by atoms with E-state index in [1.54, 1.807) is 0 Å². The molecule has 0 aromatic heterocycles. The monoisotopic (exact) mass is 306 g/mol. The van der Waals surface area contributed by atoms with Gasteiger partial charge in [-0.1, -0.05) is 0 Å². The van der Waals surface area contributed by atoms with Gasteiger partial charge in [0.1, 0.15) is 11.4 Å². The van der Waals surface area contributed by atoms with Crippen molar-refractivity contribution in [3.63, 3.8) is 0 Å². The quantitative estimate of drug-likeness (QED) is 0.810. The number of amides is 1. The van der Waals surface area contributed by atoms with Crippen LogP contribution in [0.25, 0.3) is 0 Å². The lowest BCUT2D eigenvalue weighted by Crippen LogP contribution is -2.30. The van der Waals surface area contributed by atoms with Crippen molar-refractivity contribution in [3.8, 4) is 5.75 Å². The molecule has 22 heavy (non-hydrogen) atoms. The van der Waals surface area contributed by atoms with Crippen molar-refractivity contribution in [1.29, 1.82) is 0 Å². The molecule has 1 fully saturated rings. The number of phenols is 1. The van der Waals surface area contributed by atoms with Crippen molar-refractivity contribution in [2.24, 2.45) is 0 Å². The number of nitrogens with one attached hydrogen (secondary N) is 1. The Morgan fingerprint density at radius 2 is 1.86 bits per heavy atom. The Morgan fingerprint density at radius 1 is 1.23 bits per heavy atom. The van der Waals surface area contributed by atoms with E-state index in [1.165, 1.54) is 19.3 Å². The number of carbonyl (C=O) groups excluding carboxylic acids is 1. The molecule has 0 spiro atoms. The number of hydrogen-bond acceptors (Lipinski definition) is 4. The normalized spacial score (nSPS) is 15.5. The van der Waals surface area contributed by atoms with Gasteiger partial charge in [0, 0.05) is 18.8 Å². The highest BCUT2D eigenvalue weighted by Crippen LogP contribution is 2.34.